The van der Waals surface area contributed by atoms with Crippen LogP contribution < -0.4 is 11.0 Å². The van der Waals surface area contributed by atoms with Gasteiger partial charge in [-0.05, 0) is 19.1 Å². The average Bonchev–Trinajstić information content (AvgIpc) is 2.97. The number of aryl methyl sites for hydroxylation is 1. The SMILES string of the molecule is CC(Nc1ccc2n[nH]c(=O)n2n1)c1nncn1C. The van der Waals surface area contributed by atoms with Crippen molar-refractivity contribution in [3.05, 3.63) is 34.8 Å². The van der Waals surface area contributed by atoms with Crippen LogP contribution in [-0.2, 0) is 7.05 Å². The van der Waals surface area contributed by atoms with Crippen molar-refractivity contribution in [2.45, 2.75) is 13.0 Å². The smallest absolute Gasteiger partial charge is 0.359 e. The minimum absolute atomic E-state index is 0.0833. The Morgan fingerprint density at radius 1 is 1.42 bits per heavy atom. The third-order valence-electron chi connectivity index (χ3n) is 2.77. The Labute approximate surface area is 107 Å². The first-order valence-electron chi connectivity index (χ1n) is 5.70. The summed E-state index contributed by atoms with van der Waals surface area (Å²) in [4.78, 5) is 11.4. The number of rotatable bonds is 3. The van der Waals surface area contributed by atoms with E-state index in [4.69, 9.17) is 0 Å². The zero-order valence-electron chi connectivity index (χ0n) is 10.4. The minimum Gasteiger partial charge on any atom is -0.359 e. The van der Waals surface area contributed by atoms with Gasteiger partial charge in [0.1, 0.15) is 12.1 Å². The van der Waals surface area contributed by atoms with E-state index in [9.17, 15) is 4.79 Å². The van der Waals surface area contributed by atoms with Crippen LogP contribution in [0.1, 0.15) is 18.8 Å². The van der Waals surface area contributed by atoms with Gasteiger partial charge in [0.25, 0.3) is 0 Å². The number of aromatic nitrogens is 7. The molecule has 3 aromatic rings. The van der Waals surface area contributed by atoms with Gasteiger partial charge in [-0.15, -0.1) is 15.3 Å². The molecule has 2 N–H and O–H groups in total. The first-order valence-corrected chi connectivity index (χ1v) is 5.70. The summed E-state index contributed by atoms with van der Waals surface area (Å²) in [7, 11) is 1.87. The van der Waals surface area contributed by atoms with Crippen LogP contribution in [0.15, 0.2) is 23.3 Å². The lowest BCUT2D eigenvalue weighted by Gasteiger charge is -2.13. The van der Waals surface area contributed by atoms with Gasteiger partial charge in [0, 0.05) is 7.05 Å². The Hall–Kier alpha value is -2.71. The van der Waals surface area contributed by atoms with Gasteiger partial charge >= 0.3 is 5.69 Å². The molecule has 0 aliphatic heterocycles. The summed E-state index contributed by atoms with van der Waals surface area (Å²) in [6, 6.07) is 3.37. The fourth-order valence-electron chi connectivity index (χ4n) is 1.85. The van der Waals surface area contributed by atoms with Crippen molar-refractivity contribution >= 4 is 11.5 Å². The third-order valence-corrected chi connectivity index (χ3v) is 2.77. The van der Waals surface area contributed by atoms with Crippen LogP contribution in [0.2, 0.25) is 0 Å². The number of fused-ring (bicyclic) bond motifs is 1. The minimum atomic E-state index is -0.370. The molecule has 3 rings (SSSR count). The second-order valence-corrected chi connectivity index (χ2v) is 4.18. The molecule has 0 amide bonds. The number of anilines is 1. The van der Waals surface area contributed by atoms with E-state index in [1.54, 1.807) is 18.5 Å². The number of hydrogen-bond donors (Lipinski definition) is 2. The molecule has 3 heterocycles. The first-order chi connectivity index (χ1) is 9.15. The summed E-state index contributed by atoms with van der Waals surface area (Å²) >= 11 is 0. The molecule has 0 fully saturated rings. The third kappa shape index (κ3) is 1.94. The Morgan fingerprint density at radius 2 is 2.26 bits per heavy atom. The molecule has 19 heavy (non-hydrogen) atoms. The normalized spacial score (nSPS) is 12.7. The Balaban J connectivity index is 1.91. The van der Waals surface area contributed by atoms with Crippen LogP contribution in [0.3, 0.4) is 0 Å². The van der Waals surface area contributed by atoms with E-state index in [0.29, 0.717) is 11.5 Å². The number of nitrogens with one attached hydrogen (secondary N) is 2. The molecule has 1 unspecified atom stereocenters. The molecule has 9 nitrogen and oxygen atoms in total. The van der Waals surface area contributed by atoms with Crippen molar-refractivity contribution in [1.29, 1.82) is 0 Å². The van der Waals surface area contributed by atoms with E-state index in [1.165, 1.54) is 4.52 Å². The second kappa shape index (κ2) is 4.19. The van der Waals surface area contributed by atoms with E-state index >= 15 is 0 Å². The maximum atomic E-state index is 11.4. The summed E-state index contributed by atoms with van der Waals surface area (Å²) in [5, 5.41) is 21.3. The quantitative estimate of drug-likeness (QED) is 0.671. The monoisotopic (exact) mass is 260 g/mol. The maximum Gasteiger partial charge on any atom is 0.364 e. The molecule has 0 aliphatic rings. The van der Waals surface area contributed by atoms with Crippen LogP contribution in [0, 0.1) is 0 Å². The van der Waals surface area contributed by atoms with Crippen LogP contribution in [-0.4, -0.2) is 34.6 Å². The van der Waals surface area contributed by atoms with Crippen molar-refractivity contribution in [3.63, 3.8) is 0 Å². The topological polar surface area (TPSA) is 106 Å². The number of nitrogens with zero attached hydrogens (tertiary/aromatic N) is 6. The molecule has 9 heteroatoms. The molecular weight excluding hydrogens is 248 g/mol. The Morgan fingerprint density at radius 3 is 3.00 bits per heavy atom. The zero-order valence-corrected chi connectivity index (χ0v) is 10.4. The van der Waals surface area contributed by atoms with Gasteiger partial charge in [0.05, 0.1) is 6.04 Å². The highest BCUT2D eigenvalue weighted by Gasteiger charge is 2.12. The summed E-state index contributed by atoms with van der Waals surface area (Å²) in [5.74, 6) is 1.34. The Kier molecular flexibility index (Phi) is 2.51. The molecule has 98 valence electrons. The van der Waals surface area contributed by atoms with Gasteiger partial charge in [-0.25, -0.2) is 9.89 Å². The molecule has 0 saturated heterocycles. The number of hydrogen-bond acceptors (Lipinski definition) is 6. The largest absolute Gasteiger partial charge is 0.364 e. The van der Waals surface area contributed by atoms with Crippen molar-refractivity contribution in [2.75, 3.05) is 5.32 Å². The molecule has 0 bridgehead atoms. The predicted molar refractivity (Wildman–Crippen MR) is 66.6 cm³/mol. The van der Waals surface area contributed by atoms with Gasteiger partial charge < -0.3 is 9.88 Å². The van der Waals surface area contributed by atoms with Crippen LogP contribution in [0.4, 0.5) is 5.82 Å². The van der Waals surface area contributed by atoms with Crippen LogP contribution in [0.5, 0.6) is 0 Å². The highest BCUT2D eigenvalue weighted by molar-refractivity contribution is 5.43. The summed E-state index contributed by atoms with van der Waals surface area (Å²) < 4.78 is 3.02. The summed E-state index contributed by atoms with van der Waals surface area (Å²) in [5.41, 5.74) is 0.104. The van der Waals surface area contributed by atoms with Gasteiger partial charge in [-0.3, -0.25) is 0 Å². The highest BCUT2D eigenvalue weighted by Crippen LogP contribution is 2.14. The second-order valence-electron chi connectivity index (χ2n) is 4.18. The fourth-order valence-corrected chi connectivity index (χ4v) is 1.85. The highest BCUT2D eigenvalue weighted by atomic mass is 16.2. The zero-order chi connectivity index (χ0) is 13.4. The molecule has 3 aromatic heterocycles. The predicted octanol–water partition coefficient (Wildman–Crippen LogP) is -0.281. The van der Waals surface area contributed by atoms with E-state index in [-0.39, 0.29) is 11.7 Å². The van der Waals surface area contributed by atoms with Gasteiger partial charge in [-0.2, -0.15) is 9.61 Å². The van der Waals surface area contributed by atoms with Gasteiger partial charge in [-0.1, -0.05) is 0 Å². The van der Waals surface area contributed by atoms with Crippen molar-refractivity contribution in [1.82, 2.24) is 34.6 Å². The van der Waals surface area contributed by atoms with E-state index in [1.807, 2.05) is 18.5 Å². The van der Waals surface area contributed by atoms with Gasteiger partial charge in [0.2, 0.25) is 0 Å². The maximum absolute atomic E-state index is 11.4. The molecule has 0 aromatic carbocycles. The van der Waals surface area contributed by atoms with Crippen molar-refractivity contribution in [3.8, 4) is 0 Å². The molecule has 1 atom stereocenters. The lowest BCUT2D eigenvalue weighted by Crippen LogP contribution is -2.16. The number of H-pyrrole nitrogens is 1. The van der Waals surface area contributed by atoms with E-state index in [2.05, 4.69) is 30.8 Å². The lowest BCUT2D eigenvalue weighted by molar-refractivity contribution is 0.711. The molecular formula is C10H12N8O. The molecule has 0 saturated carbocycles. The van der Waals surface area contributed by atoms with E-state index in [0.717, 1.165) is 5.82 Å². The summed E-state index contributed by atoms with van der Waals surface area (Å²) in [6.07, 6.45) is 1.63. The standard InChI is InChI=1S/C10H12N8O/c1-6(9-14-11-5-17(9)2)12-7-3-4-8-13-15-10(19)18(8)16-7/h3-6H,1-2H3,(H,12,16)(H,15,19). The molecule has 0 radical (unpaired) electrons. The van der Waals surface area contributed by atoms with Gasteiger partial charge in [0.15, 0.2) is 11.5 Å². The lowest BCUT2D eigenvalue weighted by atomic mass is 10.3. The van der Waals surface area contributed by atoms with Crippen molar-refractivity contribution in [2.24, 2.45) is 7.05 Å². The Bertz CT molecular complexity index is 769. The van der Waals surface area contributed by atoms with Crippen LogP contribution >= 0.6 is 0 Å². The molecule has 0 spiro atoms. The van der Waals surface area contributed by atoms with E-state index < -0.39 is 0 Å². The fraction of sp³-hybridized carbons (Fsp3) is 0.300. The van der Waals surface area contributed by atoms with Crippen molar-refractivity contribution < 1.29 is 0 Å². The first kappa shape index (κ1) is 11.4. The summed E-state index contributed by atoms with van der Waals surface area (Å²) in [6.45, 7) is 1.94. The number of aromatic amines is 1. The average molecular weight is 260 g/mol. The molecule has 0 aliphatic carbocycles. The van der Waals surface area contributed by atoms with Crippen LogP contribution in [0.25, 0.3) is 5.65 Å².